The molecule has 0 radical (unpaired) electrons. The van der Waals surface area contributed by atoms with Crippen molar-refractivity contribution in [3.63, 3.8) is 0 Å². The highest BCUT2D eigenvalue weighted by Gasteiger charge is 1.99. The van der Waals surface area contributed by atoms with Crippen molar-refractivity contribution >= 4 is 5.97 Å². The Hall–Kier alpha value is -1.46. The minimum absolute atomic E-state index is 0. The summed E-state index contributed by atoms with van der Waals surface area (Å²) in [5.74, 6) is -0.972. The summed E-state index contributed by atoms with van der Waals surface area (Å²) in [6.45, 7) is 5.68. The van der Waals surface area contributed by atoms with E-state index in [9.17, 15) is 4.79 Å². The largest absolute Gasteiger partial charge is 0.481 e. The summed E-state index contributed by atoms with van der Waals surface area (Å²) in [7, 11) is 0. The number of carboxylic acids is 1. The van der Waals surface area contributed by atoms with Crippen LogP contribution in [0.15, 0.2) is 30.6 Å². The number of hydrogen-bond donors (Lipinski definition) is 2. The Balaban J connectivity index is -0.000000184. The SMILES string of the molecule is CC(C)C(=O)O.CCCCO.O.c1ccncc1. The van der Waals surface area contributed by atoms with E-state index in [1.165, 1.54) is 0 Å². The van der Waals surface area contributed by atoms with Gasteiger partial charge in [0.25, 0.3) is 0 Å². The number of aromatic nitrogens is 1. The zero-order valence-corrected chi connectivity index (χ0v) is 11.3. The van der Waals surface area contributed by atoms with Crippen LogP contribution in [-0.4, -0.2) is 33.2 Å². The fraction of sp³-hybridized carbons (Fsp3) is 0.538. The molecular weight excluding hydrogens is 234 g/mol. The van der Waals surface area contributed by atoms with Crippen LogP contribution >= 0.6 is 0 Å². The Morgan fingerprint density at radius 1 is 1.22 bits per heavy atom. The quantitative estimate of drug-likeness (QED) is 0.863. The van der Waals surface area contributed by atoms with E-state index >= 15 is 0 Å². The molecule has 0 aliphatic heterocycles. The molecule has 0 bridgehead atoms. The van der Waals surface area contributed by atoms with E-state index in [1.54, 1.807) is 26.2 Å². The summed E-state index contributed by atoms with van der Waals surface area (Å²) in [5, 5.41) is 16.1. The number of rotatable bonds is 3. The van der Waals surface area contributed by atoms with E-state index in [1.807, 2.05) is 18.2 Å². The van der Waals surface area contributed by atoms with Crippen molar-refractivity contribution in [3.8, 4) is 0 Å². The maximum absolute atomic E-state index is 9.70. The highest BCUT2D eigenvalue weighted by atomic mass is 16.4. The first-order chi connectivity index (χ1) is 8.06. The Morgan fingerprint density at radius 3 is 1.72 bits per heavy atom. The minimum Gasteiger partial charge on any atom is -0.481 e. The predicted molar refractivity (Wildman–Crippen MR) is 72.3 cm³/mol. The Morgan fingerprint density at radius 2 is 1.67 bits per heavy atom. The van der Waals surface area contributed by atoms with Crippen LogP contribution in [0.1, 0.15) is 33.6 Å². The van der Waals surface area contributed by atoms with Gasteiger partial charge in [-0.25, -0.2) is 0 Å². The molecular formula is C13H25NO4. The molecule has 0 saturated heterocycles. The molecule has 0 spiro atoms. The van der Waals surface area contributed by atoms with Crippen LogP contribution < -0.4 is 0 Å². The van der Waals surface area contributed by atoms with Gasteiger partial charge in [-0.2, -0.15) is 0 Å². The van der Waals surface area contributed by atoms with Crippen LogP contribution in [-0.2, 0) is 4.79 Å². The van der Waals surface area contributed by atoms with Gasteiger partial charge in [-0.3, -0.25) is 9.78 Å². The van der Waals surface area contributed by atoms with Crippen LogP contribution in [0.5, 0.6) is 0 Å². The van der Waals surface area contributed by atoms with Crippen LogP contribution in [0.25, 0.3) is 0 Å². The normalized spacial score (nSPS) is 8.06. The van der Waals surface area contributed by atoms with Crippen molar-refractivity contribution in [2.45, 2.75) is 33.6 Å². The first-order valence-electron chi connectivity index (χ1n) is 5.74. The molecule has 0 saturated carbocycles. The van der Waals surface area contributed by atoms with E-state index in [0.29, 0.717) is 6.61 Å². The van der Waals surface area contributed by atoms with Gasteiger partial charge in [0.05, 0.1) is 5.92 Å². The van der Waals surface area contributed by atoms with Crippen molar-refractivity contribution in [1.82, 2.24) is 4.98 Å². The fourth-order valence-corrected chi connectivity index (χ4v) is 0.471. The molecule has 4 N–H and O–H groups in total. The molecule has 0 aliphatic carbocycles. The third-order valence-electron chi connectivity index (χ3n) is 1.57. The maximum atomic E-state index is 9.70. The predicted octanol–water partition coefficient (Wildman–Crippen LogP) is 1.76. The standard InChI is InChI=1S/C5H5N.C4H8O2.C4H10O.H2O/c1-2-4-6-5-3-1;1-3(2)4(5)6;1-2-3-4-5;/h1-5H;3H,1-2H3,(H,5,6);5H,2-4H2,1H3;1H2. The Labute approximate surface area is 109 Å². The number of aliphatic carboxylic acids is 1. The molecule has 0 amide bonds. The van der Waals surface area contributed by atoms with E-state index in [4.69, 9.17) is 10.2 Å². The Bertz CT molecular complexity index is 224. The van der Waals surface area contributed by atoms with Crippen molar-refractivity contribution in [2.75, 3.05) is 6.61 Å². The number of hydrogen-bond acceptors (Lipinski definition) is 3. The highest BCUT2D eigenvalue weighted by molar-refractivity contribution is 5.68. The number of pyridine rings is 1. The maximum Gasteiger partial charge on any atom is 0.305 e. The smallest absolute Gasteiger partial charge is 0.305 e. The second-order valence-corrected chi connectivity index (χ2v) is 3.59. The van der Waals surface area contributed by atoms with E-state index in [2.05, 4.69) is 11.9 Å². The van der Waals surface area contributed by atoms with Gasteiger partial charge in [-0.05, 0) is 18.6 Å². The highest BCUT2D eigenvalue weighted by Crippen LogP contribution is 1.87. The molecule has 1 rings (SSSR count). The minimum atomic E-state index is -0.741. The summed E-state index contributed by atoms with van der Waals surface area (Å²) < 4.78 is 0. The zero-order chi connectivity index (χ0) is 13.5. The molecule has 0 fully saturated rings. The Kier molecular flexibility index (Phi) is 21.7. The third kappa shape index (κ3) is 24.0. The summed E-state index contributed by atoms with van der Waals surface area (Å²) >= 11 is 0. The molecule has 0 atom stereocenters. The van der Waals surface area contributed by atoms with Crippen molar-refractivity contribution in [3.05, 3.63) is 30.6 Å². The molecule has 18 heavy (non-hydrogen) atoms. The van der Waals surface area contributed by atoms with E-state index < -0.39 is 5.97 Å². The second-order valence-electron chi connectivity index (χ2n) is 3.59. The zero-order valence-electron chi connectivity index (χ0n) is 11.3. The van der Waals surface area contributed by atoms with Crippen molar-refractivity contribution in [2.24, 2.45) is 5.92 Å². The van der Waals surface area contributed by atoms with Gasteiger partial charge < -0.3 is 15.7 Å². The molecule has 1 aromatic heterocycles. The number of carbonyl (C=O) groups is 1. The lowest BCUT2D eigenvalue weighted by Gasteiger charge is -1.89. The lowest BCUT2D eigenvalue weighted by Crippen LogP contribution is -2.03. The molecule has 1 aromatic rings. The van der Waals surface area contributed by atoms with Gasteiger partial charge in [0, 0.05) is 19.0 Å². The first kappa shape index (κ1) is 21.8. The average Bonchev–Trinajstić information content (AvgIpc) is 2.34. The van der Waals surface area contributed by atoms with E-state index in [0.717, 1.165) is 12.8 Å². The van der Waals surface area contributed by atoms with Gasteiger partial charge in [-0.15, -0.1) is 0 Å². The van der Waals surface area contributed by atoms with Gasteiger partial charge >= 0.3 is 5.97 Å². The van der Waals surface area contributed by atoms with Crippen molar-refractivity contribution < 1.29 is 20.5 Å². The van der Waals surface area contributed by atoms with Gasteiger partial charge in [-0.1, -0.05) is 33.3 Å². The molecule has 106 valence electrons. The first-order valence-corrected chi connectivity index (χ1v) is 5.74. The molecule has 1 heterocycles. The van der Waals surface area contributed by atoms with Crippen LogP contribution in [0.4, 0.5) is 0 Å². The molecule has 5 heteroatoms. The van der Waals surface area contributed by atoms with Gasteiger partial charge in [0.1, 0.15) is 0 Å². The second kappa shape index (κ2) is 17.9. The van der Waals surface area contributed by atoms with Gasteiger partial charge in [0.15, 0.2) is 0 Å². The summed E-state index contributed by atoms with van der Waals surface area (Å²) in [4.78, 5) is 13.5. The van der Waals surface area contributed by atoms with Crippen LogP contribution in [0.3, 0.4) is 0 Å². The lowest BCUT2D eigenvalue weighted by molar-refractivity contribution is -0.140. The monoisotopic (exact) mass is 259 g/mol. The number of unbranched alkanes of at least 4 members (excludes halogenated alkanes) is 1. The number of nitrogens with zero attached hydrogens (tertiary/aromatic N) is 1. The van der Waals surface area contributed by atoms with Crippen LogP contribution in [0, 0.1) is 5.92 Å². The number of aliphatic hydroxyl groups is 1. The number of carboxylic acid groups (broad SMARTS) is 1. The molecule has 0 aromatic carbocycles. The van der Waals surface area contributed by atoms with Gasteiger partial charge in [0.2, 0.25) is 0 Å². The topological polar surface area (TPSA) is 102 Å². The molecule has 5 nitrogen and oxygen atoms in total. The summed E-state index contributed by atoms with van der Waals surface area (Å²) in [5.41, 5.74) is 0. The lowest BCUT2D eigenvalue weighted by atomic mass is 10.2. The van der Waals surface area contributed by atoms with Crippen molar-refractivity contribution in [1.29, 1.82) is 0 Å². The summed E-state index contributed by atoms with van der Waals surface area (Å²) in [6.07, 6.45) is 5.54. The average molecular weight is 259 g/mol. The third-order valence-corrected chi connectivity index (χ3v) is 1.57. The molecule has 0 aliphatic rings. The fourth-order valence-electron chi connectivity index (χ4n) is 0.471. The van der Waals surface area contributed by atoms with Crippen LogP contribution in [0.2, 0.25) is 0 Å². The number of aliphatic hydroxyl groups excluding tert-OH is 1. The molecule has 0 unspecified atom stereocenters. The van der Waals surface area contributed by atoms with E-state index in [-0.39, 0.29) is 11.4 Å². The summed E-state index contributed by atoms with van der Waals surface area (Å²) in [6, 6.07) is 5.72.